The molecule has 0 unspecified atom stereocenters. The number of hydrogen-bond acceptors (Lipinski definition) is 4. The van der Waals surface area contributed by atoms with Crippen LogP contribution in [0.3, 0.4) is 0 Å². The van der Waals surface area contributed by atoms with Crippen molar-refractivity contribution in [3.05, 3.63) is 70.8 Å². The van der Waals surface area contributed by atoms with Gasteiger partial charge in [0.2, 0.25) is 0 Å². The van der Waals surface area contributed by atoms with Crippen molar-refractivity contribution in [3.8, 4) is 0 Å². The van der Waals surface area contributed by atoms with E-state index in [0.29, 0.717) is 5.56 Å². The van der Waals surface area contributed by atoms with Gasteiger partial charge in [-0.25, -0.2) is 17.2 Å². The van der Waals surface area contributed by atoms with Crippen LogP contribution in [0, 0.1) is 18.6 Å². The number of amidine groups is 1. The Hall–Kier alpha value is -2.28. The molecule has 7 heteroatoms. The molecule has 1 aliphatic rings. The van der Waals surface area contributed by atoms with Gasteiger partial charge < -0.3 is 5.73 Å². The maximum Gasteiger partial charge on any atom is 0.169 e. The van der Waals surface area contributed by atoms with E-state index >= 15 is 0 Å². The Kier molecular flexibility index (Phi) is 4.18. The zero-order valence-corrected chi connectivity index (χ0v) is 15.6. The van der Waals surface area contributed by atoms with Gasteiger partial charge in [0.1, 0.15) is 23.0 Å². The van der Waals surface area contributed by atoms with Crippen LogP contribution in [0.15, 0.2) is 47.5 Å². The summed E-state index contributed by atoms with van der Waals surface area (Å²) in [4.78, 5) is 4.35. The molecule has 0 amide bonds. The Bertz CT molecular complexity index is 1020. The van der Waals surface area contributed by atoms with Crippen LogP contribution >= 0.6 is 0 Å². The van der Waals surface area contributed by atoms with Crippen molar-refractivity contribution in [1.82, 2.24) is 0 Å². The summed E-state index contributed by atoms with van der Waals surface area (Å²) in [6, 6.07) is 9.92. The van der Waals surface area contributed by atoms with Gasteiger partial charge in [-0.05, 0) is 44.5 Å². The summed E-state index contributed by atoms with van der Waals surface area (Å²) in [6.45, 7) is 4.80. The summed E-state index contributed by atoms with van der Waals surface area (Å²) in [5.41, 5.74) is 5.88. The lowest BCUT2D eigenvalue weighted by Gasteiger charge is -2.40. The quantitative estimate of drug-likeness (QED) is 0.872. The molecular weight excluding hydrogens is 358 g/mol. The topological polar surface area (TPSA) is 72.5 Å². The molecule has 0 spiro atoms. The first-order chi connectivity index (χ1) is 12.0. The molecule has 3 rings (SSSR count). The summed E-state index contributed by atoms with van der Waals surface area (Å²) in [7, 11) is -3.87. The molecule has 0 radical (unpaired) electrons. The average Bonchev–Trinajstić information content (AvgIpc) is 2.54. The molecule has 1 aliphatic heterocycles. The maximum atomic E-state index is 14.3. The van der Waals surface area contributed by atoms with Gasteiger partial charge in [0, 0.05) is 5.56 Å². The van der Waals surface area contributed by atoms with E-state index in [-0.39, 0.29) is 11.4 Å². The van der Waals surface area contributed by atoms with E-state index in [1.807, 2.05) is 13.0 Å². The Morgan fingerprint density at radius 1 is 1.12 bits per heavy atom. The predicted octanol–water partition coefficient (Wildman–Crippen LogP) is 3.19. The first-order valence-corrected chi connectivity index (χ1v) is 9.76. The Morgan fingerprint density at radius 2 is 1.81 bits per heavy atom. The van der Waals surface area contributed by atoms with Crippen molar-refractivity contribution >= 4 is 15.7 Å². The summed E-state index contributed by atoms with van der Waals surface area (Å²) in [6.07, 6.45) is 0. The summed E-state index contributed by atoms with van der Waals surface area (Å²) in [5, 5.41) is 0. The number of hydrogen-bond donors (Lipinski definition) is 1. The fourth-order valence-corrected chi connectivity index (χ4v) is 5.50. The Balaban J connectivity index is 2.23. The van der Waals surface area contributed by atoms with E-state index in [0.717, 1.165) is 23.8 Å². The normalized spacial score (nSPS) is 27.8. The van der Waals surface area contributed by atoms with Crippen LogP contribution in [0.4, 0.5) is 8.78 Å². The molecule has 2 aromatic rings. The number of sulfone groups is 1. The van der Waals surface area contributed by atoms with Crippen molar-refractivity contribution in [2.45, 2.75) is 31.1 Å². The summed E-state index contributed by atoms with van der Waals surface area (Å²) >= 11 is 0. The van der Waals surface area contributed by atoms with Crippen LogP contribution in [-0.2, 0) is 20.1 Å². The van der Waals surface area contributed by atoms with E-state index in [2.05, 4.69) is 4.99 Å². The van der Waals surface area contributed by atoms with E-state index in [9.17, 15) is 17.2 Å². The van der Waals surface area contributed by atoms with Crippen molar-refractivity contribution in [1.29, 1.82) is 0 Å². The largest absolute Gasteiger partial charge is 0.386 e. The monoisotopic (exact) mass is 378 g/mol. The smallest absolute Gasteiger partial charge is 0.169 e. The highest BCUT2D eigenvalue weighted by Crippen LogP contribution is 2.42. The number of nitrogens with two attached hydrogens (primary N) is 1. The second kappa shape index (κ2) is 5.87. The number of aryl methyl sites for hydroxylation is 1. The van der Waals surface area contributed by atoms with Gasteiger partial charge in [-0.15, -0.1) is 0 Å². The van der Waals surface area contributed by atoms with Crippen molar-refractivity contribution in [2.75, 3.05) is 5.75 Å². The standard InChI is InChI=1S/C19H20F2N2O2S/c1-12-5-4-6-13(9-12)19(3)17(22)23-18(2,11-26(19,24)25)15-10-14(20)7-8-16(15)21/h4-10H,11H2,1-3H3,(H2,22,23)/t18-,19-/m0/s1. The van der Waals surface area contributed by atoms with Gasteiger partial charge in [0.05, 0.1) is 5.75 Å². The minimum atomic E-state index is -3.87. The molecule has 2 atom stereocenters. The van der Waals surface area contributed by atoms with E-state index in [1.165, 1.54) is 13.8 Å². The zero-order valence-electron chi connectivity index (χ0n) is 14.8. The van der Waals surface area contributed by atoms with Gasteiger partial charge >= 0.3 is 0 Å². The molecule has 0 saturated heterocycles. The van der Waals surface area contributed by atoms with Crippen LogP contribution in [0.5, 0.6) is 0 Å². The van der Waals surface area contributed by atoms with E-state index in [1.54, 1.807) is 18.2 Å². The second-order valence-corrected chi connectivity index (χ2v) is 9.39. The molecule has 0 bridgehead atoms. The summed E-state index contributed by atoms with van der Waals surface area (Å²) in [5.74, 6) is -2.01. The Morgan fingerprint density at radius 3 is 2.42 bits per heavy atom. The number of benzene rings is 2. The lowest BCUT2D eigenvalue weighted by molar-refractivity contribution is 0.468. The van der Waals surface area contributed by atoms with Gasteiger partial charge in [-0.1, -0.05) is 29.8 Å². The van der Waals surface area contributed by atoms with Crippen LogP contribution in [0.25, 0.3) is 0 Å². The van der Waals surface area contributed by atoms with Gasteiger partial charge in [-0.3, -0.25) is 4.99 Å². The van der Waals surface area contributed by atoms with Crippen LogP contribution in [0.1, 0.15) is 30.5 Å². The molecule has 0 fully saturated rings. The summed E-state index contributed by atoms with van der Waals surface area (Å²) < 4.78 is 52.8. The fraction of sp³-hybridized carbons (Fsp3) is 0.316. The number of nitrogens with zero attached hydrogens (tertiary/aromatic N) is 1. The number of rotatable bonds is 2. The molecule has 0 saturated carbocycles. The fourth-order valence-electron chi connectivity index (χ4n) is 3.40. The van der Waals surface area contributed by atoms with E-state index in [4.69, 9.17) is 5.73 Å². The highest BCUT2D eigenvalue weighted by atomic mass is 32.2. The SMILES string of the molecule is Cc1cccc([C@@]2(C)C(N)=N[C@](C)(c3cc(F)ccc3F)CS2(=O)=O)c1. The maximum absolute atomic E-state index is 14.3. The van der Waals surface area contributed by atoms with Crippen LogP contribution in [-0.4, -0.2) is 20.0 Å². The molecule has 138 valence electrons. The number of aliphatic imine (C=N–C) groups is 1. The molecule has 1 heterocycles. The molecule has 2 N–H and O–H groups in total. The third-order valence-corrected chi connectivity index (χ3v) is 7.66. The third kappa shape index (κ3) is 2.70. The minimum Gasteiger partial charge on any atom is -0.386 e. The van der Waals surface area contributed by atoms with Crippen molar-refractivity contribution < 1.29 is 17.2 Å². The molecule has 0 aromatic heterocycles. The highest BCUT2D eigenvalue weighted by molar-refractivity contribution is 7.93. The molecule has 4 nitrogen and oxygen atoms in total. The van der Waals surface area contributed by atoms with Crippen LogP contribution in [0.2, 0.25) is 0 Å². The molecule has 26 heavy (non-hydrogen) atoms. The predicted molar refractivity (Wildman–Crippen MR) is 97.7 cm³/mol. The minimum absolute atomic E-state index is 0.129. The Labute approximate surface area is 151 Å². The zero-order chi connectivity index (χ0) is 19.3. The molecular formula is C19H20F2N2O2S. The van der Waals surface area contributed by atoms with Crippen LogP contribution < -0.4 is 5.73 Å². The first kappa shape index (κ1) is 18.5. The lowest BCUT2D eigenvalue weighted by atomic mass is 9.91. The second-order valence-electron chi connectivity index (χ2n) is 7.06. The third-order valence-electron chi connectivity index (χ3n) is 5.03. The van der Waals surface area contributed by atoms with Gasteiger partial charge in [-0.2, -0.15) is 0 Å². The average molecular weight is 378 g/mol. The van der Waals surface area contributed by atoms with Crippen molar-refractivity contribution in [2.24, 2.45) is 10.7 Å². The van der Waals surface area contributed by atoms with E-state index < -0.39 is 37.5 Å². The molecule has 2 aromatic carbocycles. The highest BCUT2D eigenvalue weighted by Gasteiger charge is 2.53. The number of halogens is 2. The lowest BCUT2D eigenvalue weighted by Crippen LogP contribution is -2.54. The molecule has 0 aliphatic carbocycles. The van der Waals surface area contributed by atoms with Gasteiger partial charge in [0.15, 0.2) is 14.6 Å². The van der Waals surface area contributed by atoms with Crippen molar-refractivity contribution in [3.63, 3.8) is 0 Å². The van der Waals surface area contributed by atoms with Gasteiger partial charge in [0.25, 0.3) is 0 Å². The first-order valence-electron chi connectivity index (χ1n) is 8.10.